The third-order valence-electron chi connectivity index (χ3n) is 3.92. The monoisotopic (exact) mass is 163 g/mol. The quantitative estimate of drug-likeness (QED) is 0.331. The summed E-state index contributed by atoms with van der Waals surface area (Å²) >= 11 is 0. The highest BCUT2D eigenvalue weighted by atomic mass is 16.4. The molecule has 0 aromatic heterocycles. The summed E-state index contributed by atoms with van der Waals surface area (Å²) in [5.74, 6) is 3.01. The van der Waals surface area contributed by atoms with Crippen molar-refractivity contribution in [2.75, 3.05) is 0 Å². The first kappa shape index (κ1) is 6.70. The summed E-state index contributed by atoms with van der Waals surface area (Å²) in [6.45, 7) is 0. The van der Waals surface area contributed by atoms with Crippen molar-refractivity contribution < 1.29 is 5.21 Å². The number of allylic oxidation sites excluding steroid dienone is 2. The Hall–Kier alpha value is -0.790. The molecule has 3 aliphatic rings. The lowest BCUT2D eigenvalue weighted by Crippen LogP contribution is -2.24. The molecule has 0 saturated heterocycles. The molecule has 2 saturated carbocycles. The number of rotatable bonds is 0. The lowest BCUT2D eigenvalue weighted by Gasteiger charge is -2.24. The highest BCUT2D eigenvalue weighted by Crippen LogP contribution is 2.54. The molecule has 3 aliphatic carbocycles. The van der Waals surface area contributed by atoms with Crippen LogP contribution in [0.15, 0.2) is 17.3 Å². The van der Waals surface area contributed by atoms with Crippen LogP contribution in [-0.4, -0.2) is 10.9 Å². The van der Waals surface area contributed by atoms with Gasteiger partial charge in [-0.25, -0.2) is 0 Å². The van der Waals surface area contributed by atoms with Gasteiger partial charge in [-0.05, 0) is 37.0 Å². The van der Waals surface area contributed by atoms with Gasteiger partial charge in [0, 0.05) is 5.92 Å². The molecular formula is C10H13NO. The van der Waals surface area contributed by atoms with Gasteiger partial charge < -0.3 is 5.21 Å². The summed E-state index contributed by atoms with van der Waals surface area (Å²) in [5, 5.41) is 12.2. The Kier molecular flexibility index (Phi) is 1.18. The maximum atomic E-state index is 8.77. The summed E-state index contributed by atoms with van der Waals surface area (Å²) in [5.41, 5.74) is 1.06. The predicted octanol–water partition coefficient (Wildman–Crippen LogP) is 2.05. The number of hydrogen-bond acceptors (Lipinski definition) is 2. The van der Waals surface area contributed by atoms with Gasteiger partial charge in [0.15, 0.2) is 0 Å². The van der Waals surface area contributed by atoms with E-state index in [4.69, 9.17) is 5.21 Å². The molecule has 0 spiro atoms. The van der Waals surface area contributed by atoms with Crippen molar-refractivity contribution in [2.45, 2.75) is 19.3 Å². The van der Waals surface area contributed by atoms with Crippen molar-refractivity contribution in [3.05, 3.63) is 12.2 Å². The Morgan fingerprint density at radius 2 is 2.42 bits per heavy atom. The van der Waals surface area contributed by atoms with E-state index >= 15 is 0 Å². The fraction of sp³-hybridized carbons (Fsp3) is 0.700. The predicted molar refractivity (Wildman–Crippen MR) is 46.2 cm³/mol. The Morgan fingerprint density at radius 3 is 3.25 bits per heavy atom. The molecule has 0 heterocycles. The van der Waals surface area contributed by atoms with E-state index in [9.17, 15) is 0 Å². The molecule has 0 aromatic rings. The van der Waals surface area contributed by atoms with Crippen LogP contribution in [0, 0.1) is 23.7 Å². The van der Waals surface area contributed by atoms with E-state index in [0.717, 1.165) is 29.9 Å². The number of nitrogens with zero attached hydrogens (tertiary/aromatic N) is 1. The molecule has 12 heavy (non-hydrogen) atoms. The van der Waals surface area contributed by atoms with Gasteiger partial charge in [0.25, 0.3) is 0 Å². The van der Waals surface area contributed by atoms with Crippen molar-refractivity contribution in [3.63, 3.8) is 0 Å². The summed E-state index contributed by atoms with van der Waals surface area (Å²) < 4.78 is 0. The molecule has 2 fully saturated rings. The second-order valence-corrected chi connectivity index (χ2v) is 4.30. The standard InChI is InChI=1S/C10H13NO/c12-11-10-5-6-4-9(10)8-3-1-2-7(6)8/h1,3,6-9,12H,2,4-5H2/b11-10+. The van der Waals surface area contributed by atoms with E-state index in [0.29, 0.717) is 5.92 Å². The molecule has 64 valence electrons. The van der Waals surface area contributed by atoms with Crippen LogP contribution in [0.4, 0.5) is 0 Å². The first-order valence-electron chi connectivity index (χ1n) is 4.77. The minimum Gasteiger partial charge on any atom is -0.411 e. The SMILES string of the molecule is O/N=C1\CC2CC1C1C=CCC21. The minimum atomic E-state index is 0.587. The smallest absolute Gasteiger partial charge is 0.0610 e. The van der Waals surface area contributed by atoms with Gasteiger partial charge in [0.2, 0.25) is 0 Å². The van der Waals surface area contributed by atoms with Crippen LogP contribution in [0.25, 0.3) is 0 Å². The number of oxime groups is 1. The van der Waals surface area contributed by atoms with Crippen molar-refractivity contribution in [1.29, 1.82) is 0 Å². The van der Waals surface area contributed by atoms with Crippen LogP contribution >= 0.6 is 0 Å². The molecule has 2 heteroatoms. The van der Waals surface area contributed by atoms with Crippen LogP contribution < -0.4 is 0 Å². The maximum Gasteiger partial charge on any atom is 0.0610 e. The van der Waals surface area contributed by atoms with E-state index in [1.54, 1.807) is 0 Å². The van der Waals surface area contributed by atoms with Gasteiger partial charge in [0.1, 0.15) is 0 Å². The lowest BCUT2D eigenvalue weighted by molar-refractivity contribution is 0.300. The summed E-state index contributed by atoms with van der Waals surface area (Å²) in [7, 11) is 0. The number of hydrogen-bond donors (Lipinski definition) is 1. The molecule has 0 amide bonds. The van der Waals surface area contributed by atoms with E-state index in [-0.39, 0.29) is 0 Å². The molecule has 3 rings (SSSR count). The third kappa shape index (κ3) is 0.637. The Morgan fingerprint density at radius 1 is 1.50 bits per heavy atom. The maximum absolute atomic E-state index is 8.77. The molecule has 0 aromatic carbocycles. The van der Waals surface area contributed by atoms with Crippen LogP contribution in [0.2, 0.25) is 0 Å². The fourth-order valence-corrected chi connectivity index (χ4v) is 3.42. The highest BCUT2D eigenvalue weighted by Gasteiger charge is 2.51. The largest absolute Gasteiger partial charge is 0.411 e. The van der Waals surface area contributed by atoms with Gasteiger partial charge in [-0.3, -0.25) is 0 Å². The van der Waals surface area contributed by atoms with Gasteiger partial charge in [-0.1, -0.05) is 17.3 Å². The van der Waals surface area contributed by atoms with Crippen molar-refractivity contribution in [3.8, 4) is 0 Å². The fourth-order valence-electron chi connectivity index (χ4n) is 3.42. The van der Waals surface area contributed by atoms with E-state index in [1.807, 2.05) is 0 Å². The normalized spacial score (nSPS) is 52.2. The first-order chi connectivity index (χ1) is 5.90. The zero-order valence-electron chi connectivity index (χ0n) is 6.98. The van der Waals surface area contributed by atoms with Crippen LogP contribution in [0.1, 0.15) is 19.3 Å². The Balaban J connectivity index is 1.96. The topological polar surface area (TPSA) is 32.6 Å². The molecule has 0 radical (unpaired) electrons. The minimum absolute atomic E-state index is 0.587. The zero-order chi connectivity index (χ0) is 8.13. The first-order valence-corrected chi connectivity index (χ1v) is 4.77. The molecule has 4 atom stereocenters. The third-order valence-corrected chi connectivity index (χ3v) is 3.92. The summed E-state index contributed by atoms with van der Waals surface area (Å²) in [4.78, 5) is 0. The van der Waals surface area contributed by atoms with Crippen molar-refractivity contribution >= 4 is 5.71 Å². The van der Waals surface area contributed by atoms with E-state index in [1.165, 1.54) is 12.8 Å². The molecule has 0 aliphatic heterocycles. The van der Waals surface area contributed by atoms with Gasteiger partial charge in [-0.2, -0.15) is 0 Å². The van der Waals surface area contributed by atoms with Gasteiger partial charge >= 0.3 is 0 Å². The molecule has 1 N–H and O–H groups in total. The average molecular weight is 163 g/mol. The average Bonchev–Trinajstić information content (AvgIpc) is 2.75. The second-order valence-electron chi connectivity index (χ2n) is 4.30. The van der Waals surface area contributed by atoms with Crippen molar-refractivity contribution in [1.82, 2.24) is 0 Å². The molecular weight excluding hydrogens is 150 g/mol. The zero-order valence-corrected chi connectivity index (χ0v) is 6.98. The van der Waals surface area contributed by atoms with Crippen LogP contribution in [0.3, 0.4) is 0 Å². The van der Waals surface area contributed by atoms with Crippen LogP contribution in [-0.2, 0) is 0 Å². The Bertz CT molecular complexity index is 269. The van der Waals surface area contributed by atoms with E-state index in [2.05, 4.69) is 17.3 Å². The van der Waals surface area contributed by atoms with Gasteiger partial charge in [-0.15, -0.1) is 0 Å². The van der Waals surface area contributed by atoms with Crippen molar-refractivity contribution in [2.24, 2.45) is 28.8 Å². The highest BCUT2D eigenvalue weighted by molar-refractivity contribution is 5.90. The molecule has 2 bridgehead atoms. The molecule has 4 unspecified atom stereocenters. The summed E-state index contributed by atoms with van der Waals surface area (Å²) in [6.07, 6.45) is 8.24. The molecule has 2 nitrogen and oxygen atoms in total. The van der Waals surface area contributed by atoms with Crippen LogP contribution in [0.5, 0.6) is 0 Å². The van der Waals surface area contributed by atoms with Gasteiger partial charge in [0.05, 0.1) is 5.71 Å². The summed E-state index contributed by atoms with van der Waals surface area (Å²) in [6, 6.07) is 0. The number of fused-ring (bicyclic) bond motifs is 5. The lowest BCUT2D eigenvalue weighted by atomic mass is 9.80. The second kappa shape index (κ2) is 2.12. The van der Waals surface area contributed by atoms with E-state index < -0.39 is 0 Å². The Labute approximate surface area is 72.0 Å².